The number of nitriles is 1. The number of allylic oxidation sites excluding steroid dienone is 1. The second-order valence-electron chi connectivity index (χ2n) is 5.23. The van der Waals surface area contributed by atoms with E-state index >= 15 is 0 Å². The molecule has 0 spiro atoms. The predicted molar refractivity (Wildman–Crippen MR) is 75.4 cm³/mol. The molecule has 1 saturated heterocycles. The van der Waals surface area contributed by atoms with E-state index in [1.807, 2.05) is 30.3 Å². The lowest BCUT2D eigenvalue weighted by Crippen LogP contribution is -2.42. The molecule has 2 heterocycles. The van der Waals surface area contributed by atoms with E-state index in [9.17, 15) is 10.1 Å². The lowest BCUT2D eigenvalue weighted by atomic mass is 9.88. The number of nitrogens with zero attached hydrogens (tertiary/aromatic N) is 2. The van der Waals surface area contributed by atoms with Crippen molar-refractivity contribution in [3.63, 3.8) is 0 Å². The highest BCUT2D eigenvalue weighted by Gasteiger charge is 2.36. The van der Waals surface area contributed by atoms with Crippen molar-refractivity contribution in [2.24, 2.45) is 0 Å². The van der Waals surface area contributed by atoms with Crippen LogP contribution in [0, 0.1) is 11.3 Å². The number of carbonyl (C=O) groups excluding carboxylic acids is 1. The number of amides is 1. The molecule has 1 aromatic rings. The zero-order chi connectivity index (χ0) is 13.9. The molecule has 2 aliphatic heterocycles. The average molecular weight is 267 g/mol. The zero-order valence-electron chi connectivity index (χ0n) is 11.3. The lowest BCUT2D eigenvalue weighted by molar-refractivity contribution is -0.131. The number of carbonyl (C=O) groups is 1. The molecule has 20 heavy (non-hydrogen) atoms. The number of hydrogen-bond acceptors (Lipinski definition) is 3. The van der Waals surface area contributed by atoms with E-state index in [0.29, 0.717) is 18.5 Å². The second-order valence-corrected chi connectivity index (χ2v) is 5.23. The molecule has 1 amide bonds. The summed E-state index contributed by atoms with van der Waals surface area (Å²) in [5.74, 6) is 0.622. The Morgan fingerprint density at radius 1 is 1.25 bits per heavy atom. The minimum Gasteiger partial charge on any atom is -0.371 e. The van der Waals surface area contributed by atoms with Crippen LogP contribution in [0.5, 0.6) is 0 Å². The van der Waals surface area contributed by atoms with Crippen LogP contribution in [0.2, 0.25) is 0 Å². The SMILES string of the molecule is N#CC1=C2NCCCCN2C(=O)C(c2ccccc2)C1. The summed E-state index contributed by atoms with van der Waals surface area (Å²) in [6.45, 7) is 1.54. The average Bonchev–Trinajstić information content (AvgIpc) is 2.75. The Hall–Kier alpha value is -2.28. The quantitative estimate of drug-likeness (QED) is 0.848. The Labute approximate surface area is 118 Å². The first kappa shape index (κ1) is 12.7. The van der Waals surface area contributed by atoms with E-state index in [1.165, 1.54) is 0 Å². The standard InChI is InChI=1S/C16H17N3O/c17-11-13-10-14(12-6-2-1-3-7-12)16(20)19-9-5-4-8-18-15(13)19/h1-3,6-7,14,18H,4-5,8-10H2. The highest BCUT2D eigenvalue weighted by Crippen LogP contribution is 2.33. The van der Waals surface area contributed by atoms with Crippen molar-refractivity contribution in [3.8, 4) is 6.07 Å². The molecule has 1 fully saturated rings. The fourth-order valence-electron chi connectivity index (χ4n) is 2.92. The summed E-state index contributed by atoms with van der Waals surface area (Å²) in [4.78, 5) is 14.5. The van der Waals surface area contributed by atoms with Crippen molar-refractivity contribution in [2.45, 2.75) is 25.2 Å². The molecular weight excluding hydrogens is 250 g/mol. The number of fused-ring (bicyclic) bond motifs is 1. The van der Waals surface area contributed by atoms with E-state index in [-0.39, 0.29) is 11.8 Å². The Kier molecular flexibility index (Phi) is 3.42. The van der Waals surface area contributed by atoms with E-state index < -0.39 is 0 Å². The molecule has 0 aliphatic carbocycles. The van der Waals surface area contributed by atoms with Crippen molar-refractivity contribution >= 4 is 5.91 Å². The van der Waals surface area contributed by atoms with E-state index in [0.717, 1.165) is 30.8 Å². The molecule has 0 radical (unpaired) electrons. The largest absolute Gasteiger partial charge is 0.371 e. The van der Waals surface area contributed by atoms with Gasteiger partial charge in [-0.2, -0.15) is 5.26 Å². The molecule has 1 unspecified atom stereocenters. The number of nitrogens with one attached hydrogen (secondary N) is 1. The number of rotatable bonds is 1. The highest BCUT2D eigenvalue weighted by atomic mass is 16.2. The van der Waals surface area contributed by atoms with E-state index in [4.69, 9.17) is 0 Å². The molecule has 4 nitrogen and oxygen atoms in total. The Morgan fingerprint density at radius 2 is 2.05 bits per heavy atom. The van der Waals surface area contributed by atoms with Crippen LogP contribution in [0.15, 0.2) is 41.7 Å². The molecule has 1 aromatic carbocycles. The van der Waals surface area contributed by atoms with Crippen molar-refractivity contribution in [1.29, 1.82) is 5.26 Å². The van der Waals surface area contributed by atoms with Crippen molar-refractivity contribution in [2.75, 3.05) is 13.1 Å². The van der Waals surface area contributed by atoms with Gasteiger partial charge in [0.25, 0.3) is 0 Å². The summed E-state index contributed by atoms with van der Waals surface area (Å²) in [5.41, 5.74) is 1.69. The molecule has 0 saturated carbocycles. The molecule has 0 bridgehead atoms. The van der Waals surface area contributed by atoms with Crippen LogP contribution in [0.4, 0.5) is 0 Å². The van der Waals surface area contributed by atoms with Crippen LogP contribution in [0.1, 0.15) is 30.7 Å². The molecule has 102 valence electrons. The third-order valence-corrected chi connectivity index (χ3v) is 3.97. The lowest BCUT2D eigenvalue weighted by Gasteiger charge is -2.33. The molecule has 1 N–H and O–H groups in total. The van der Waals surface area contributed by atoms with Crippen LogP contribution >= 0.6 is 0 Å². The summed E-state index contributed by atoms with van der Waals surface area (Å²) in [6, 6.07) is 12.0. The topological polar surface area (TPSA) is 56.1 Å². The van der Waals surface area contributed by atoms with Crippen LogP contribution in [-0.2, 0) is 4.79 Å². The minimum atomic E-state index is -0.227. The maximum absolute atomic E-state index is 12.7. The van der Waals surface area contributed by atoms with Crippen LogP contribution in [0.25, 0.3) is 0 Å². The normalized spacial score (nSPS) is 22.6. The van der Waals surface area contributed by atoms with Gasteiger partial charge in [0.1, 0.15) is 5.82 Å². The summed E-state index contributed by atoms with van der Waals surface area (Å²) < 4.78 is 0. The monoisotopic (exact) mass is 267 g/mol. The summed E-state index contributed by atoms with van der Waals surface area (Å²) >= 11 is 0. The van der Waals surface area contributed by atoms with Gasteiger partial charge in [-0.05, 0) is 18.4 Å². The van der Waals surface area contributed by atoms with Gasteiger partial charge in [0.2, 0.25) is 5.91 Å². The molecular formula is C16H17N3O. The van der Waals surface area contributed by atoms with Crippen LogP contribution < -0.4 is 5.32 Å². The van der Waals surface area contributed by atoms with Gasteiger partial charge in [-0.15, -0.1) is 0 Å². The van der Waals surface area contributed by atoms with Gasteiger partial charge < -0.3 is 5.32 Å². The predicted octanol–water partition coefficient (Wildman–Crippen LogP) is 2.12. The van der Waals surface area contributed by atoms with Crippen molar-refractivity contribution in [1.82, 2.24) is 10.2 Å². The minimum absolute atomic E-state index is 0.111. The van der Waals surface area contributed by atoms with Gasteiger partial charge in [0, 0.05) is 19.5 Å². The van der Waals surface area contributed by atoms with Gasteiger partial charge in [0.15, 0.2) is 0 Å². The maximum atomic E-state index is 12.7. The highest BCUT2D eigenvalue weighted by molar-refractivity contribution is 5.87. The third-order valence-electron chi connectivity index (χ3n) is 3.97. The van der Waals surface area contributed by atoms with E-state index in [1.54, 1.807) is 4.90 Å². The first-order chi connectivity index (χ1) is 9.81. The molecule has 3 rings (SSSR count). The smallest absolute Gasteiger partial charge is 0.236 e. The van der Waals surface area contributed by atoms with Gasteiger partial charge in [-0.3, -0.25) is 9.69 Å². The van der Waals surface area contributed by atoms with Gasteiger partial charge in [-0.1, -0.05) is 30.3 Å². The molecule has 4 heteroatoms. The van der Waals surface area contributed by atoms with Crippen LogP contribution in [0.3, 0.4) is 0 Å². The first-order valence-corrected chi connectivity index (χ1v) is 7.04. The fourth-order valence-corrected chi connectivity index (χ4v) is 2.92. The maximum Gasteiger partial charge on any atom is 0.236 e. The fraction of sp³-hybridized carbons (Fsp3) is 0.375. The van der Waals surface area contributed by atoms with Gasteiger partial charge >= 0.3 is 0 Å². The number of benzene rings is 1. The number of hydrogen-bond donors (Lipinski definition) is 1. The Bertz CT molecular complexity index is 585. The van der Waals surface area contributed by atoms with Crippen molar-refractivity contribution < 1.29 is 4.79 Å². The molecule has 0 aromatic heterocycles. The summed E-state index contributed by atoms with van der Waals surface area (Å²) in [5, 5.41) is 12.6. The Balaban J connectivity index is 2.00. The van der Waals surface area contributed by atoms with E-state index in [2.05, 4.69) is 11.4 Å². The second kappa shape index (κ2) is 5.38. The molecule has 2 aliphatic rings. The Morgan fingerprint density at radius 3 is 2.80 bits per heavy atom. The first-order valence-electron chi connectivity index (χ1n) is 7.04. The van der Waals surface area contributed by atoms with Gasteiger partial charge in [0.05, 0.1) is 17.6 Å². The van der Waals surface area contributed by atoms with Gasteiger partial charge in [-0.25, -0.2) is 0 Å². The summed E-state index contributed by atoms with van der Waals surface area (Å²) in [6.07, 6.45) is 2.50. The van der Waals surface area contributed by atoms with Crippen molar-refractivity contribution in [3.05, 3.63) is 47.3 Å². The third kappa shape index (κ3) is 2.16. The molecule has 1 atom stereocenters. The van der Waals surface area contributed by atoms with Crippen LogP contribution in [-0.4, -0.2) is 23.9 Å². The zero-order valence-corrected chi connectivity index (χ0v) is 11.3. The summed E-state index contributed by atoms with van der Waals surface area (Å²) in [7, 11) is 0.